The number of ether oxygens (including phenoxy) is 1. The third kappa shape index (κ3) is 4.15. The number of halogens is 6. The molecule has 2 nitrogen and oxygen atoms in total. The Kier molecular flexibility index (Phi) is 4.89. The van der Waals surface area contributed by atoms with E-state index in [1.807, 2.05) is 0 Å². The fourth-order valence-electron chi connectivity index (χ4n) is 1.40. The molecule has 1 atom stereocenters. The van der Waals surface area contributed by atoms with Crippen LogP contribution in [-0.4, -0.2) is 12.1 Å². The van der Waals surface area contributed by atoms with Gasteiger partial charge >= 0.3 is 6.36 Å². The molecule has 0 spiro atoms. The van der Waals surface area contributed by atoms with Crippen LogP contribution >= 0.6 is 15.9 Å². The van der Waals surface area contributed by atoms with E-state index in [1.165, 1.54) is 0 Å². The number of Topliss-reactive ketones (excluding diaryl/α,β-unsaturated/α-hetero) is 1. The Balaban J connectivity index is 3.38. The van der Waals surface area contributed by atoms with Crippen LogP contribution in [0.5, 0.6) is 5.75 Å². The molecule has 0 fully saturated rings. The molecule has 0 radical (unpaired) electrons. The van der Waals surface area contributed by atoms with Gasteiger partial charge in [0.05, 0.1) is 5.56 Å². The van der Waals surface area contributed by atoms with Gasteiger partial charge in [-0.1, -0.05) is 28.1 Å². The van der Waals surface area contributed by atoms with Crippen LogP contribution < -0.4 is 4.74 Å². The third-order valence-electron chi connectivity index (χ3n) is 2.16. The Bertz CT molecular complexity index is 473. The number of alkyl halides is 6. The minimum atomic E-state index is -5.12. The number of benzene rings is 1. The first-order chi connectivity index (χ1) is 8.63. The zero-order valence-corrected chi connectivity index (χ0v) is 11.1. The molecule has 0 amide bonds. The van der Waals surface area contributed by atoms with Gasteiger partial charge in [0, 0.05) is 5.56 Å². The fraction of sp³-hybridized carbons (Fsp3) is 0.364. The van der Waals surface area contributed by atoms with Gasteiger partial charge in [0.2, 0.25) is 0 Å². The minimum absolute atomic E-state index is 0.289. The molecular weight excluding hydrogens is 339 g/mol. The van der Waals surface area contributed by atoms with Crippen molar-refractivity contribution in [1.82, 2.24) is 0 Å². The zero-order valence-electron chi connectivity index (χ0n) is 9.47. The van der Waals surface area contributed by atoms with Crippen LogP contribution in [0.15, 0.2) is 18.2 Å². The lowest BCUT2D eigenvalue weighted by Gasteiger charge is -2.18. The summed E-state index contributed by atoms with van der Waals surface area (Å²) in [6.45, 7) is 1.12. The van der Waals surface area contributed by atoms with Gasteiger partial charge < -0.3 is 4.74 Å². The van der Waals surface area contributed by atoms with Crippen molar-refractivity contribution in [2.75, 3.05) is 0 Å². The summed E-state index contributed by atoms with van der Waals surface area (Å²) >= 11 is 2.85. The molecule has 0 heterocycles. The van der Waals surface area contributed by atoms with Gasteiger partial charge in [-0.15, -0.1) is 13.2 Å². The summed E-state index contributed by atoms with van der Waals surface area (Å²) in [5.74, 6) is -1.57. The summed E-state index contributed by atoms with van der Waals surface area (Å²) in [6.07, 6.45) is -8.27. The van der Waals surface area contributed by atoms with Crippen molar-refractivity contribution < 1.29 is 31.5 Å². The number of hydrogen-bond donors (Lipinski definition) is 0. The quantitative estimate of drug-likeness (QED) is 0.590. The Morgan fingerprint density at radius 3 is 2.21 bits per heavy atom. The predicted octanol–water partition coefficient (Wildman–Crippen LogP) is 4.55. The van der Waals surface area contributed by atoms with Crippen molar-refractivity contribution in [3.8, 4) is 5.75 Å². The van der Waals surface area contributed by atoms with Crippen LogP contribution in [0.4, 0.5) is 22.0 Å². The van der Waals surface area contributed by atoms with Crippen LogP contribution in [-0.2, 0) is 4.79 Å². The first-order valence-corrected chi connectivity index (χ1v) is 5.86. The molecule has 106 valence electrons. The number of carbonyl (C=O) groups excluding carboxylic acids is 1. The Hall–Kier alpha value is -1.18. The molecule has 0 saturated heterocycles. The lowest BCUT2D eigenvalue weighted by molar-refractivity contribution is -0.275. The molecule has 1 aromatic carbocycles. The highest BCUT2D eigenvalue weighted by Gasteiger charge is 2.35. The Labute approximate surface area is 113 Å². The molecule has 19 heavy (non-hydrogen) atoms. The maximum Gasteiger partial charge on any atom is 0.573 e. The van der Waals surface area contributed by atoms with E-state index in [4.69, 9.17) is 0 Å². The van der Waals surface area contributed by atoms with Crippen molar-refractivity contribution in [2.24, 2.45) is 0 Å². The molecule has 1 aromatic rings. The molecule has 0 N–H and O–H groups in total. The Morgan fingerprint density at radius 1 is 1.26 bits per heavy atom. The van der Waals surface area contributed by atoms with Gasteiger partial charge in [-0.25, -0.2) is 8.78 Å². The fourth-order valence-corrected chi connectivity index (χ4v) is 1.76. The highest BCUT2D eigenvalue weighted by atomic mass is 79.9. The van der Waals surface area contributed by atoms with Gasteiger partial charge in [-0.05, 0) is 13.0 Å². The molecule has 1 unspecified atom stereocenters. The molecule has 0 aliphatic carbocycles. The average molecular weight is 347 g/mol. The van der Waals surface area contributed by atoms with E-state index in [9.17, 15) is 26.7 Å². The van der Waals surface area contributed by atoms with Crippen LogP contribution in [0.1, 0.15) is 29.3 Å². The van der Waals surface area contributed by atoms with E-state index in [1.54, 1.807) is 0 Å². The van der Waals surface area contributed by atoms with Gasteiger partial charge in [0.1, 0.15) is 16.4 Å². The van der Waals surface area contributed by atoms with Crippen LogP contribution in [0.3, 0.4) is 0 Å². The normalized spacial score (nSPS) is 13.5. The summed E-state index contributed by atoms with van der Waals surface area (Å²) < 4.78 is 65.8. The first kappa shape index (κ1) is 15.9. The van der Waals surface area contributed by atoms with Crippen LogP contribution in [0.25, 0.3) is 0 Å². The largest absolute Gasteiger partial charge is 0.573 e. The zero-order chi connectivity index (χ0) is 14.8. The smallest absolute Gasteiger partial charge is 0.405 e. The number of hydrogen-bond acceptors (Lipinski definition) is 2. The highest BCUT2D eigenvalue weighted by Crippen LogP contribution is 2.40. The van der Waals surface area contributed by atoms with E-state index >= 15 is 0 Å². The van der Waals surface area contributed by atoms with Crippen molar-refractivity contribution >= 4 is 21.7 Å². The lowest BCUT2D eigenvalue weighted by atomic mass is 10.0. The second kappa shape index (κ2) is 5.85. The molecule has 1 rings (SSSR count). The summed E-state index contributed by atoms with van der Waals surface area (Å²) in [6, 6.07) is 3.07. The Morgan fingerprint density at radius 2 is 1.79 bits per heavy atom. The van der Waals surface area contributed by atoms with Crippen molar-refractivity contribution in [3.63, 3.8) is 0 Å². The monoisotopic (exact) mass is 346 g/mol. The molecule has 0 aromatic heterocycles. The third-order valence-corrected chi connectivity index (χ3v) is 3.30. The maximum atomic E-state index is 12.7. The van der Waals surface area contributed by atoms with Gasteiger partial charge in [-0.2, -0.15) is 0 Å². The summed E-state index contributed by atoms with van der Waals surface area (Å²) in [5, 5.41) is 0. The van der Waals surface area contributed by atoms with Crippen molar-refractivity contribution in [1.29, 1.82) is 0 Å². The second-order valence-corrected chi connectivity index (χ2v) is 4.50. The van der Waals surface area contributed by atoms with Gasteiger partial charge in [0.15, 0.2) is 0 Å². The lowest BCUT2D eigenvalue weighted by Crippen LogP contribution is -2.20. The number of ketones is 1. The standard InChI is InChI=1S/C11H8BrF5O2/c1-5(18)8(12)6-3-2-4-7(10(13)14)9(6)19-11(15,16)17/h2-4,8,10H,1H3. The van der Waals surface area contributed by atoms with Gasteiger partial charge in [-0.3, -0.25) is 4.79 Å². The minimum Gasteiger partial charge on any atom is -0.405 e. The molecule has 0 bridgehead atoms. The molecule has 0 aliphatic rings. The summed E-state index contributed by atoms with van der Waals surface area (Å²) in [4.78, 5) is 10.0. The number of carbonyl (C=O) groups is 1. The topological polar surface area (TPSA) is 26.3 Å². The molecule has 8 heteroatoms. The number of para-hydroxylation sites is 1. The summed E-state index contributed by atoms with van der Waals surface area (Å²) in [5.41, 5.74) is -1.21. The second-order valence-electron chi connectivity index (χ2n) is 3.59. The summed E-state index contributed by atoms with van der Waals surface area (Å²) in [7, 11) is 0. The first-order valence-electron chi connectivity index (χ1n) is 4.94. The van der Waals surface area contributed by atoms with Crippen molar-refractivity contribution in [3.05, 3.63) is 29.3 Å². The predicted molar refractivity (Wildman–Crippen MR) is 60.4 cm³/mol. The molecule has 0 saturated carbocycles. The van der Waals surface area contributed by atoms with E-state index < -0.39 is 34.7 Å². The van der Waals surface area contributed by atoms with E-state index in [2.05, 4.69) is 20.7 Å². The van der Waals surface area contributed by atoms with Crippen molar-refractivity contribution in [2.45, 2.75) is 24.5 Å². The van der Waals surface area contributed by atoms with E-state index in [-0.39, 0.29) is 5.56 Å². The van der Waals surface area contributed by atoms with E-state index in [0.29, 0.717) is 0 Å². The molecule has 0 aliphatic heterocycles. The average Bonchev–Trinajstić information content (AvgIpc) is 2.25. The maximum absolute atomic E-state index is 12.7. The molecular formula is C11H8BrF5O2. The van der Waals surface area contributed by atoms with Crippen LogP contribution in [0.2, 0.25) is 0 Å². The van der Waals surface area contributed by atoms with Crippen LogP contribution in [0, 0.1) is 0 Å². The van der Waals surface area contributed by atoms with Gasteiger partial charge in [0.25, 0.3) is 6.43 Å². The van der Waals surface area contributed by atoms with E-state index in [0.717, 1.165) is 25.1 Å². The number of rotatable bonds is 4. The highest BCUT2D eigenvalue weighted by molar-refractivity contribution is 9.09. The SMILES string of the molecule is CC(=O)C(Br)c1cccc(C(F)F)c1OC(F)(F)F.